The highest BCUT2D eigenvalue weighted by molar-refractivity contribution is 5.72. The first-order valence-corrected chi connectivity index (χ1v) is 24.9. The van der Waals surface area contributed by atoms with Crippen molar-refractivity contribution in [1.82, 2.24) is 0 Å². The standard InChI is InChI=1S/C56H90O6/c1-4-7-10-13-16-19-21-23-25-27-28-29-31-32-34-37-40-43-46-49-55(58)61-52-53(51-60-54(57)48-45-42-39-36-18-15-12-9-6-3)62-56(59)50-47-44-41-38-35-33-30-26-24-22-20-17-14-11-8-5-2/h8-9,11-12,16-21,23-24,26,33,35-36,42,45,53H,4-7,10,13-15,22,25,27-32,34,37-41,43-44,46-52H2,1-3H3/b11-8-,12-9-,19-16-,20-17-,23-21-,26-24-,35-33-,36-18-,45-42-. The maximum Gasteiger partial charge on any atom is 0.309 e. The Kier molecular flexibility index (Phi) is 46.6. The second-order valence-electron chi connectivity index (χ2n) is 16.0. The lowest BCUT2D eigenvalue weighted by molar-refractivity contribution is -0.166. The molecule has 0 rings (SSSR count). The molecule has 62 heavy (non-hydrogen) atoms. The topological polar surface area (TPSA) is 78.9 Å². The minimum Gasteiger partial charge on any atom is -0.462 e. The van der Waals surface area contributed by atoms with E-state index in [4.69, 9.17) is 14.2 Å². The molecule has 0 radical (unpaired) electrons. The Morgan fingerprint density at radius 1 is 0.371 bits per heavy atom. The summed E-state index contributed by atoms with van der Waals surface area (Å²) in [7, 11) is 0. The minimum absolute atomic E-state index is 0.122. The van der Waals surface area contributed by atoms with Crippen molar-refractivity contribution in [3.8, 4) is 0 Å². The van der Waals surface area contributed by atoms with Crippen LogP contribution in [-0.2, 0) is 28.6 Å². The number of hydrogen-bond donors (Lipinski definition) is 0. The van der Waals surface area contributed by atoms with E-state index in [0.717, 1.165) is 83.5 Å². The van der Waals surface area contributed by atoms with E-state index in [1.54, 1.807) is 6.08 Å². The molecule has 1 unspecified atom stereocenters. The molecule has 0 bridgehead atoms. The van der Waals surface area contributed by atoms with Crippen LogP contribution in [0.1, 0.15) is 207 Å². The van der Waals surface area contributed by atoms with Crippen LogP contribution in [0.4, 0.5) is 0 Å². The second-order valence-corrected chi connectivity index (χ2v) is 16.0. The van der Waals surface area contributed by atoms with Gasteiger partial charge in [0, 0.05) is 12.8 Å². The average molecular weight is 859 g/mol. The number of rotatable bonds is 43. The van der Waals surface area contributed by atoms with Gasteiger partial charge in [0.15, 0.2) is 6.10 Å². The van der Waals surface area contributed by atoms with Gasteiger partial charge >= 0.3 is 17.9 Å². The summed E-state index contributed by atoms with van der Waals surface area (Å²) in [5.41, 5.74) is 0. The molecule has 0 aliphatic rings. The van der Waals surface area contributed by atoms with Gasteiger partial charge in [0.2, 0.25) is 0 Å². The predicted octanol–water partition coefficient (Wildman–Crippen LogP) is 16.4. The molecule has 6 heteroatoms. The van der Waals surface area contributed by atoms with Gasteiger partial charge in [-0.25, -0.2) is 0 Å². The summed E-state index contributed by atoms with van der Waals surface area (Å²) < 4.78 is 16.6. The molecular formula is C56H90O6. The zero-order valence-corrected chi connectivity index (χ0v) is 39.8. The number of carbonyl (C=O) groups excluding carboxylic acids is 3. The highest BCUT2D eigenvalue weighted by atomic mass is 16.6. The molecule has 0 heterocycles. The largest absolute Gasteiger partial charge is 0.462 e. The van der Waals surface area contributed by atoms with Crippen LogP contribution in [0, 0.1) is 0 Å². The number of unbranched alkanes of at least 4 members (excludes halogenated alkanes) is 16. The zero-order valence-electron chi connectivity index (χ0n) is 39.8. The molecule has 0 saturated carbocycles. The number of carbonyl (C=O) groups is 3. The van der Waals surface area contributed by atoms with Gasteiger partial charge in [-0.1, -0.05) is 201 Å². The van der Waals surface area contributed by atoms with Crippen LogP contribution >= 0.6 is 0 Å². The van der Waals surface area contributed by atoms with Gasteiger partial charge in [0.05, 0.1) is 6.42 Å². The van der Waals surface area contributed by atoms with Gasteiger partial charge in [0.25, 0.3) is 0 Å². The molecule has 0 N–H and O–H groups in total. The summed E-state index contributed by atoms with van der Waals surface area (Å²) in [5, 5.41) is 0. The SMILES string of the molecule is CC/C=C\C/C=C\C/C=C\C/C=C\CCCCCC(=O)OC(COC(=O)C/C=C\C/C=C\C/C=C\CC)COC(=O)CCCCCCCCCCCC/C=C\C=C/CCCCC. The van der Waals surface area contributed by atoms with E-state index in [9.17, 15) is 14.4 Å². The van der Waals surface area contributed by atoms with Gasteiger partial charge in [-0.15, -0.1) is 0 Å². The summed E-state index contributed by atoms with van der Waals surface area (Å²) in [5.74, 6) is -1.09. The lowest BCUT2D eigenvalue weighted by atomic mass is 10.1. The third kappa shape index (κ3) is 47.1. The monoisotopic (exact) mass is 859 g/mol. The average Bonchev–Trinajstić information content (AvgIpc) is 3.27. The van der Waals surface area contributed by atoms with Crippen molar-refractivity contribution in [3.63, 3.8) is 0 Å². The van der Waals surface area contributed by atoms with Crippen LogP contribution in [0.2, 0.25) is 0 Å². The summed E-state index contributed by atoms with van der Waals surface area (Å²) in [6, 6.07) is 0. The van der Waals surface area contributed by atoms with Crippen molar-refractivity contribution in [3.05, 3.63) is 109 Å². The van der Waals surface area contributed by atoms with Crippen LogP contribution in [0.5, 0.6) is 0 Å². The molecular weight excluding hydrogens is 769 g/mol. The first-order chi connectivity index (χ1) is 30.5. The molecule has 0 aromatic carbocycles. The van der Waals surface area contributed by atoms with E-state index in [2.05, 4.69) is 118 Å². The molecule has 0 aromatic heterocycles. The molecule has 350 valence electrons. The Bertz CT molecular complexity index is 1310. The molecule has 0 amide bonds. The van der Waals surface area contributed by atoms with Gasteiger partial charge in [-0.2, -0.15) is 0 Å². The van der Waals surface area contributed by atoms with Gasteiger partial charge in [-0.05, 0) is 96.3 Å². The number of esters is 3. The van der Waals surface area contributed by atoms with Crippen LogP contribution in [-0.4, -0.2) is 37.2 Å². The number of allylic oxidation sites excluding steroid dienone is 17. The Labute approximate surface area is 380 Å². The summed E-state index contributed by atoms with van der Waals surface area (Å²) in [4.78, 5) is 37.8. The van der Waals surface area contributed by atoms with E-state index in [1.807, 2.05) is 6.08 Å². The third-order valence-corrected chi connectivity index (χ3v) is 10.1. The quantitative estimate of drug-likeness (QED) is 0.0200. The summed E-state index contributed by atoms with van der Waals surface area (Å²) in [6.07, 6.45) is 66.8. The number of hydrogen-bond acceptors (Lipinski definition) is 6. The zero-order chi connectivity index (χ0) is 45.1. The van der Waals surface area contributed by atoms with Crippen LogP contribution in [0.3, 0.4) is 0 Å². The maximum atomic E-state index is 12.7. The van der Waals surface area contributed by atoms with E-state index in [-0.39, 0.29) is 38.0 Å². The molecule has 0 saturated heterocycles. The molecule has 0 aliphatic heterocycles. The minimum atomic E-state index is -0.832. The van der Waals surface area contributed by atoms with Crippen molar-refractivity contribution in [1.29, 1.82) is 0 Å². The molecule has 0 aliphatic carbocycles. The Morgan fingerprint density at radius 2 is 0.742 bits per heavy atom. The predicted molar refractivity (Wildman–Crippen MR) is 265 cm³/mol. The second kappa shape index (κ2) is 49.7. The van der Waals surface area contributed by atoms with Gasteiger partial charge in [0.1, 0.15) is 13.2 Å². The molecule has 0 aromatic rings. The fraction of sp³-hybridized carbons (Fsp3) is 0.625. The molecule has 0 fully saturated rings. The first-order valence-electron chi connectivity index (χ1n) is 24.9. The van der Waals surface area contributed by atoms with E-state index in [0.29, 0.717) is 12.8 Å². The Hall–Kier alpha value is -3.93. The van der Waals surface area contributed by atoms with Crippen LogP contribution in [0.15, 0.2) is 109 Å². The lowest BCUT2D eigenvalue weighted by Crippen LogP contribution is -2.30. The van der Waals surface area contributed by atoms with Crippen LogP contribution in [0.25, 0.3) is 0 Å². The highest BCUT2D eigenvalue weighted by Crippen LogP contribution is 2.13. The first kappa shape index (κ1) is 58.1. The highest BCUT2D eigenvalue weighted by Gasteiger charge is 2.19. The van der Waals surface area contributed by atoms with Crippen LogP contribution < -0.4 is 0 Å². The van der Waals surface area contributed by atoms with Crippen molar-refractivity contribution >= 4 is 17.9 Å². The van der Waals surface area contributed by atoms with Crippen molar-refractivity contribution in [2.45, 2.75) is 213 Å². The fourth-order valence-corrected chi connectivity index (χ4v) is 6.37. The molecule has 1 atom stereocenters. The summed E-state index contributed by atoms with van der Waals surface area (Å²) >= 11 is 0. The van der Waals surface area contributed by atoms with Crippen molar-refractivity contribution < 1.29 is 28.6 Å². The van der Waals surface area contributed by atoms with Gasteiger partial charge in [-0.3, -0.25) is 14.4 Å². The smallest absolute Gasteiger partial charge is 0.309 e. The van der Waals surface area contributed by atoms with Crippen molar-refractivity contribution in [2.75, 3.05) is 13.2 Å². The normalized spacial score (nSPS) is 13.0. The maximum absolute atomic E-state index is 12.7. The van der Waals surface area contributed by atoms with Gasteiger partial charge < -0.3 is 14.2 Å². The Balaban J connectivity index is 4.43. The third-order valence-electron chi connectivity index (χ3n) is 10.1. The van der Waals surface area contributed by atoms with Crippen molar-refractivity contribution in [2.24, 2.45) is 0 Å². The van der Waals surface area contributed by atoms with E-state index < -0.39 is 12.1 Å². The number of ether oxygens (including phenoxy) is 3. The molecule has 0 spiro atoms. The molecule has 6 nitrogen and oxygen atoms in total. The summed E-state index contributed by atoms with van der Waals surface area (Å²) in [6.45, 7) is 6.23. The lowest BCUT2D eigenvalue weighted by Gasteiger charge is -2.18. The van der Waals surface area contributed by atoms with E-state index >= 15 is 0 Å². The Morgan fingerprint density at radius 3 is 1.24 bits per heavy atom. The fourth-order valence-electron chi connectivity index (χ4n) is 6.37. The van der Waals surface area contributed by atoms with E-state index in [1.165, 1.54) is 77.0 Å².